The van der Waals surface area contributed by atoms with Gasteiger partial charge in [-0.1, -0.05) is 0 Å². The van der Waals surface area contributed by atoms with Crippen LogP contribution in [0.5, 0.6) is 11.5 Å². The van der Waals surface area contributed by atoms with Crippen molar-refractivity contribution in [1.29, 1.82) is 0 Å². The van der Waals surface area contributed by atoms with Crippen molar-refractivity contribution >= 4 is 0 Å². The summed E-state index contributed by atoms with van der Waals surface area (Å²) in [4.78, 5) is 0. The molecule has 1 aliphatic carbocycles. The molecule has 3 rings (SSSR count). The topological polar surface area (TPSA) is 38.7 Å². The molecule has 0 radical (unpaired) electrons. The molecule has 0 amide bonds. The van der Waals surface area contributed by atoms with Crippen LogP contribution in [0.4, 0.5) is 0 Å². The van der Waals surface area contributed by atoms with E-state index in [2.05, 4.69) is 0 Å². The molecule has 1 aromatic rings. The highest BCUT2D eigenvalue weighted by molar-refractivity contribution is 5.44. The summed E-state index contributed by atoms with van der Waals surface area (Å²) >= 11 is 0. The first kappa shape index (κ1) is 9.04. The van der Waals surface area contributed by atoms with Gasteiger partial charge in [-0.2, -0.15) is 0 Å². The van der Waals surface area contributed by atoms with Gasteiger partial charge in [0, 0.05) is 11.6 Å². The Labute approximate surface area is 88.6 Å². The van der Waals surface area contributed by atoms with Crippen LogP contribution >= 0.6 is 0 Å². The Morgan fingerprint density at radius 1 is 1.40 bits per heavy atom. The highest BCUT2D eigenvalue weighted by Gasteiger charge is 2.24. The first-order valence-corrected chi connectivity index (χ1v) is 5.40. The molecule has 1 aromatic carbocycles. The third kappa shape index (κ3) is 1.79. The lowest BCUT2D eigenvalue weighted by atomic mass is 10.1. The zero-order valence-corrected chi connectivity index (χ0v) is 8.48. The molecule has 0 aromatic heterocycles. The number of hydrogen-bond donors (Lipinski definition) is 1. The highest BCUT2D eigenvalue weighted by Crippen LogP contribution is 2.36. The number of hydrogen-bond acceptors (Lipinski definition) is 3. The normalized spacial score (nSPS) is 23.4. The van der Waals surface area contributed by atoms with Crippen LogP contribution in [0.15, 0.2) is 18.2 Å². The molecular formula is C12H14O3. The predicted octanol–water partition coefficient (Wildman–Crippen LogP) is 1.90. The van der Waals surface area contributed by atoms with Crippen molar-refractivity contribution < 1.29 is 14.6 Å². The molecule has 3 heteroatoms. The summed E-state index contributed by atoms with van der Waals surface area (Å²) in [5.41, 5.74) is 0.869. The molecule has 0 bridgehead atoms. The van der Waals surface area contributed by atoms with E-state index in [0.29, 0.717) is 6.61 Å². The van der Waals surface area contributed by atoms with Crippen molar-refractivity contribution in [2.45, 2.75) is 18.9 Å². The van der Waals surface area contributed by atoms with Gasteiger partial charge in [-0.05, 0) is 30.9 Å². The highest BCUT2D eigenvalue weighted by atomic mass is 16.5. The van der Waals surface area contributed by atoms with E-state index in [9.17, 15) is 5.11 Å². The number of rotatable bonds is 3. The van der Waals surface area contributed by atoms with E-state index >= 15 is 0 Å². The van der Waals surface area contributed by atoms with E-state index < -0.39 is 6.10 Å². The van der Waals surface area contributed by atoms with E-state index in [1.807, 2.05) is 18.2 Å². The van der Waals surface area contributed by atoms with Crippen LogP contribution in [-0.2, 0) is 0 Å². The third-order valence-corrected chi connectivity index (χ3v) is 2.92. The van der Waals surface area contributed by atoms with Crippen LogP contribution in [0.25, 0.3) is 0 Å². The average Bonchev–Trinajstić information content (AvgIpc) is 3.01. The van der Waals surface area contributed by atoms with Gasteiger partial charge in [0.2, 0.25) is 0 Å². The fourth-order valence-electron chi connectivity index (χ4n) is 1.76. The fraction of sp³-hybridized carbons (Fsp3) is 0.500. The summed E-state index contributed by atoms with van der Waals surface area (Å²) < 4.78 is 11.0. The first-order valence-electron chi connectivity index (χ1n) is 5.40. The molecule has 0 spiro atoms. The maximum absolute atomic E-state index is 9.53. The monoisotopic (exact) mass is 206 g/mol. The van der Waals surface area contributed by atoms with E-state index in [1.54, 1.807) is 0 Å². The minimum atomic E-state index is -0.475. The number of ether oxygens (including phenoxy) is 2. The summed E-state index contributed by atoms with van der Waals surface area (Å²) in [6.07, 6.45) is 2.11. The zero-order chi connectivity index (χ0) is 10.3. The van der Waals surface area contributed by atoms with Crippen LogP contribution in [0, 0.1) is 5.92 Å². The molecule has 1 fully saturated rings. The molecule has 1 N–H and O–H groups in total. The van der Waals surface area contributed by atoms with Gasteiger partial charge >= 0.3 is 0 Å². The van der Waals surface area contributed by atoms with Gasteiger partial charge in [0.05, 0.1) is 6.61 Å². The molecule has 1 unspecified atom stereocenters. The average molecular weight is 206 g/mol. The van der Waals surface area contributed by atoms with Gasteiger partial charge in [-0.25, -0.2) is 0 Å². The molecule has 80 valence electrons. The second-order valence-electron chi connectivity index (χ2n) is 4.28. The van der Waals surface area contributed by atoms with Gasteiger partial charge in [0.1, 0.15) is 24.2 Å². The van der Waals surface area contributed by atoms with E-state index in [1.165, 1.54) is 12.8 Å². The summed E-state index contributed by atoms with van der Waals surface area (Å²) in [7, 11) is 0. The molecular weight excluding hydrogens is 192 g/mol. The Morgan fingerprint density at radius 3 is 3.07 bits per heavy atom. The molecule has 15 heavy (non-hydrogen) atoms. The van der Waals surface area contributed by atoms with Crippen molar-refractivity contribution in [2.75, 3.05) is 13.2 Å². The molecule has 1 heterocycles. The second kappa shape index (κ2) is 3.42. The fourth-order valence-corrected chi connectivity index (χ4v) is 1.76. The first-order chi connectivity index (χ1) is 7.33. The Bertz CT molecular complexity index is 371. The molecule has 1 saturated carbocycles. The van der Waals surface area contributed by atoms with Gasteiger partial charge in [0.15, 0.2) is 0 Å². The van der Waals surface area contributed by atoms with Crippen molar-refractivity contribution in [1.82, 2.24) is 0 Å². The van der Waals surface area contributed by atoms with Crippen LogP contribution in [0.1, 0.15) is 24.5 Å². The third-order valence-electron chi connectivity index (χ3n) is 2.92. The Balaban J connectivity index is 1.73. The number of aliphatic hydroxyl groups excluding tert-OH is 1. The SMILES string of the molecule is OC1COc2cc(OCC3CC3)ccc21. The molecule has 1 aliphatic heterocycles. The minimum Gasteiger partial charge on any atom is -0.493 e. The van der Waals surface area contributed by atoms with Crippen molar-refractivity contribution in [3.63, 3.8) is 0 Å². The standard InChI is InChI=1S/C12H14O3/c13-11-7-15-12-5-9(3-4-10(11)12)14-6-8-1-2-8/h3-5,8,11,13H,1-2,6-7H2. The van der Waals surface area contributed by atoms with E-state index in [4.69, 9.17) is 9.47 Å². The van der Waals surface area contributed by atoms with Crippen molar-refractivity contribution in [3.8, 4) is 11.5 Å². The summed E-state index contributed by atoms with van der Waals surface area (Å²) in [6.45, 7) is 1.17. The van der Waals surface area contributed by atoms with Crippen LogP contribution < -0.4 is 9.47 Å². The molecule has 3 nitrogen and oxygen atoms in total. The van der Waals surface area contributed by atoms with Gasteiger partial charge in [-0.15, -0.1) is 0 Å². The van der Waals surface area contributed by atoms with Gasteiger partial charge in [0.25, 0.3) is 0 Å². The van der Waals surface area contributed by atoms with Crippen LogP contribution in [0.2, 0.25) is 0 Å². The molecule has 2 aliphatic rings. The van der Waals surface area contributed by atoms with E-state index in [0.717, 1.165) is 29.6 Å². The van der Waals surface area contributed by atoms with Gasteiger partial charge < -0.3 is 14.6 Å². The lowest BCUT2D eigenvalue weighted by Gasteiger charge is -2.06. The molecule has 1 atom stereocenters. The predicted molar refractivity (Wildman–Crippen MR) is 55.1 cm³/mol. The lowest BCUT2D eigenvalue weighted by molar-refractivity contribution is 0.140. The Hall–Kier alpha value is -1.22. The van der Waals surface area contributed by atoms with Crippen LogP contribution in [0.3, 0.4) is 0 Å². The maximum Gasteiger partial charge on any atom is 0.129 e. The second-order valence-corrected chi connectivity index (χ2v) is 4.28. The summed E-state index contributed by atoms with van der Waals surface area (Å²) in [5.74, 6) is 2.36. The number of aliphatic hydroxyl groups is 1. The summed E-state index contributed by atoms with van der Waals surface area (Å²) in [5, 5.41) is 9.53. The maximum atomic E-state index is 9.53. The number of fused-ring (bicyclic) bond motifs is 1. The quantitative estimate of drug-likeness (QED) is 0.820. The largest absolute Gasteiger partial charge is 0.493 e. The van der Waals surface area contributed by atoms with Crippen molar-refractivity contribution in [2.24, 2.45) is 5.92 Å². The van der Waals surface area contributed by atoms with Crippen molar-refractivity contribution in [3.05, 3.63) is 23.8 Å². The molecule has 0 saturated heterocycles. The smallest absolute Gasteiger partial charge is 0.129 e. The lowest BCUT2D eigenvalue weighted by Crippen LogP contribution is -1.98. The van der Waals surface area contributed by atoms with Gasteiger partial charge in [-0.3, -0.25) is 0 Å². The number of benzene rings is 1. The zero-order valence-electron chi connectivity index (χ0n) is 8.48. The van der Waals surface area contributed by atoms with Crippen LogP contribution in [-0.4, -0.2) is 18.3 Å². The Kier molecular flexibility index (Phi) is 2.06. The van der Waals surface area contributed by atoms with E-state index in [-0.39, 0.29) is 0 Å². The minimum absolute atomic E-state index is 0.363. The summed E-state index contributed by atoms with van der Waals surface area (Å²) in [6, 6.07) is 5.66. The Morgan fingerprint density at radius 2 is 2.27 bits per heavy atom.